The van der Waals surface area contributed by atoms with Crippen LogP contribution in [0.4, 0.5) is 6.01 Å². The van der Waals surface area contributed by atoms with Gasteiger partial charge in [0.25, 0.3) is 6.01 Å². The molecule has 3 rings (SSSR count). The molecule has 0 aliphatic carbocycles. The van der Waals surface area contributed by atoms with Gasteiger partial charge in [-0.2, -0.15) is 4.98 Å². The van der Waals surface area contributed by atoms with Gasteiger partial charge in [0.2, 0.25) is 5.91 Å². The lowest BCUT2D eigenvalue weighted by Gasteiger charge is -2.14. The maximum Gasteiger partial charge on any atom is 0.296 e. The Balaban J connectivity index is 1.63. The fourth-order valence-corrected chi connectivity index (χ4v) is 2.18. The Morgan fingerprint density at radius 1 is 1.33 bits per heavy atom. The number of carbonyl (C=O) groups excluding carboxylic acids is 1. The molecule has 0 spiro atoms. The molecule has 5 heteroatoms. The molecule has 0 bridgehead atoms. The summed E-state index contributed by atoms with van der Waals surface area (Å²) in [4.78, 5) is 18.0. The van der Waals surface area contributed by atoms with E-state index in [1.165, 1.54) is 0 Å². The molecular weight excluding hydrogens is 230 g/mol. The van der Waals surface area contributed by atoms with Crippen LogP contribution in [0.1, 0.15) is 12.8 Å². The van der Waals surface area contributed by atoms with Crippen LogP contribution in [-0.4, -0.2) is 35.4 Å². The molecule has 1 N–H and O–H groups in total. The molecule has 1 aromatic carbocycles. The Bertz CT molecular complexity index is 525. The Kier molecular flexibility index (Phi) is 2.88. The molecule has 0 saturated carbocycles. The van der Waals surface area contributed by atoms with Gasteiger partial charge < -0.3 is 14.6 Å². The highest BCUT2D eigenvalue weighted by Crippen LogP contribution is 2.17. The summed E-state index contributed by atoms with van der Waals surface area (Å²) in [6.45, 7) is 1.98. The summed E-state index contributed by atoms with van der Waals surface area (Å²) in [7, 11) is 0. The number of likely N-dealkylation sites (tertiary alicyclic amines) is 1. The van der Waals surface area contributed by atoms with Gasteiger partial charge in [0.15, 0.2) is 5.58 Å². The fraction of sp³-hybridized carbons (Fsp3) is 0.385. The quantitative estimate of drug-likeness (QED) is 0.896. The summed E-state index contributed by atoms with van der Waals surface area (Å²) in [5, 5.41) is 2.94. The monoisotopic (exact) mass is 245 g/mol. The van der Waals surface area contributed by atoms with Crippen LogP contribution in [-0.2, 0) is 4.79 Å². The van der Waals surface area contributed by atoms with Gasteiger partial charge in [0, 0.05) is 13.1 Å². The average Bonchev–Trinajstić information content (AvgIpc) is 3.04. The van der Waals surface area contributed by atoms with Gasteiger partial charge in [-0.25, -0.2) is 0 Å². The molecule has 1 aliphatic rings. The van der Waals surface area contributed by atoms with Crippen molar-refractivity contribution in [3.05, 3.63) is 24.3 Å². The second-order valence-electron chi connectivity index (χ2n) is 4.43. The predicted molar refractivity (Wildman–Crippen MR) is 68.3 cm³/mol. The van der Waals surface area contributed by atoms with Crippen LogP contribution in [0.2, 0.25) is 0 Å². The number of benzene rings is 1. The van der Waals surface area contributed by atoms with E-state index in [9.17, 15) is 4.79 Å². The number of hydrogen-bond donors (Lipinski definition) is 1. The van der Waals surface area contributed by atoms with Crippen molar-refractivity contribution in [3.63, 3.8) is 0 Å². The molecule has 1 amide bonds. The number of anilines is 1. The molecule has 1 fully saturated rings. The normalized spacial score (nSPS) is 15.2. The molecule has 2 heterocycles. The Morgan fingerprint density at radius 3 is 2.89 bits per heavy atom. The van der Waals surface area contributed by atoms with Crippen LogP contribution in [0.25, 0.3) is 11.1 Å². The molecule has 18 heavy (non-hydrogen) atoms. The third kappa shape index (κ3) is 2.16. The smallest absolute Gasteiger partial charge is 0.296 e. The highest BCUT2D eigenvalue weighted by Gasteiger charge is 2.17. The molecule has 0 atom stereocenters. The number of hydrogen-bond acceptors (Lipinski definition) is 4. The third-order valence-electron chi connectivity index (χ3n) is 3.14. The summed E-state index contributed by atoms with van der Waals surface area (Å²) >= 11 is 0. The van der Waals surface area contributed by atoms with Crippen LogP contribution in [0.3, 0.4) is 0 Å². The molecule has 5 nitrogen and oxygen atoms in total. The van der Waals surface area contributed by atoms with Gasteiger partial charge in [-0.05, 0) is 25.0 Å². The number of carbonyl (C=O) groups is 1. The van der Waals surface area contributed by atoms with E-state index in [0.717, 1.165) is 37.0 Å². The highest BCUT2D eigenvalue weighted by atomic mass is 16.4. The zero-order valence-electron chi connectivity index (χ0n) is 10.1. The topological polar surface area (TPSA) is 58.4 Å². The van der Waals surface area contributed by atoms with Gasteiger partial charge in [-0.3, -0.25) is 4.79 Å². The molecule has 0 unspecified atom stereocenters. The standard InChI is InChI=1S/C13H15N3O2/c17-12(16-7-3-4-8-16)9-14-13-15-10-5-1-2-6-11(10)18-13/h1-2,5-6H,3-4,7-9H2,(H,14,15). The molecule has 1 saturated heterocycles. The molecular formula is C13H15N3O2. The maximum atomic E-state index is 11.8. The van der Waals surface area contributed by atoms with Crippen molar-refractivity contribution in [3.8, 4) is 0 Å². The summed E-state index contributed by atoms with van der Waals surface area (Å²) in [6.07, 6.45) is 2.21. The van der Waals surface area contributed by atoms with Crippen molar-refractivity contribution in [1.29, 1.82) is 0 Å². The minimum absolute atomic E-state index is 0.106. The first-order valence-corrected chi connectivity index (χ1v) is 6.20. The second-order valence-corrected chi connectivity index (χ2v) is 4.43. The zero-order chi connectivity index (χ0) is 12.4. The van der Waals surface area contributed by atoms with E-state index in [0.29, 0.717) is 6.01 Å². The Labute approximate surface area is 105 Å². The number of fused-ring (bicyclic) bond motifs is 1. The van der Waals surface area contributed by atoms with Gasteiger partial charge in [-0.15, -0.1) is 0 Å². The second kappa shape index (κ2) is 4.68. The lowest BCUT2D eigenvalue weighted by molar-refractivity contribution is -0.128. The number of nitrogens with one attached hydrogen (secondary N) is 1. The Hall–Kier alpha value is -2.04. The summed E-state index contributed by atoms with van der Waals surface area (Å²) < 4.78 is 5.49. The van der Waals surface area contributed by atoms with Gasteiger partial charge in [-0.1, -0.05) is 12.1 Å². The third-order valence-corrected chi connectivity index (χ3v) is 3.14. The van der Waals surface area contributed by atoms with E-state index in [2.05, 4.69) is 10.3 Å². The van der Waals surface area contributed by atoms with Crippen LogP contribution in [0.15, 0.2) is 28.7 Å². The first kappa shape index (κ1) is 11.1. The van der Waals surface area contributed by atoms with Crippen LogP contribution >= 0.6 is 0 Å². The summed E-state index contributed by atoms with van der Waals surface area (Å²) in [5.74, 6) is 0.106. The molecule has 2 aromatic rings. The van der Waals surface area contributed by atoms with E-state index in [1.807, 2.05) is 29.2 Å². The lowest BCUT2D eigenvalue weighted by Crippen LogP contribution is -2.33. The first-order chi connectivity index (χ1) is 8.83. The van der Waals surface area contributed by atoms with E-state index in [-0.39, 0.29) is 12.5 Å². The van der Waals surface area contributed by atoms with E-state index >= 15 is 0 Å². The minimum Gasteiger partial charge on any atom is -0.424 e. The highest BCUT2D eigenvalue weighted by molar-refractivity contribution is 5.81. The average molecular weight is 245 g/mol. The van der Waals surface area contributed by atoms with Crippen molar-refractivity contribution in [1.82, 2.24) is 9.88 Å². The fourth-order valence-electron chi connectivity index (χ4n) is 2.18. The van der Waals surface area contributed by atoms with Crippen molar-refractivity contribution in [2.75, 3.05) is 25.0 Å². The number of nitrogens with zero attached hydrogens (tertiary/aromatic N) is 2. The van der Waals surface area contributed by atoms with Gasteiger partial charge in [0.1, 0.15) is 5.52 Å². The van der Waals surface area contributed by atoms with E-state index in [1.54, 1.807) is 0 Å². The van der Waals surface area contributed by atoms with E-state index < -0.39 is 0 Å². The van der Waals surface area contributed by atoms with Gasteiger partial charge >= 0.3 is 0 Å². The molecule has 94 valence electrons. The number of oxazole rings is 1. The summed E-state index contributed by atoms with van der Waals surface area (Å²) in [6, 6.07) is 7.95. The van der Waals surface area contributed by atoms with Crippen molar-refractivity contribution in [2.45, 2.75) is 12.8 Å². The summed E-state index contributed by atoms with van der Waals surface area (Å²) in [5.41, 5.74) is 1.53. The predicted octanol–water partition coefficient (Wildman–Crippen LogP) is 1.86. The van der Waals surface area contributed by atoms with Crippen LogP contribution in [0.5, 0.6) is 0 Å². The van der Waals surface area contributed by atoms with Crippen molar-refractivity contribution in [2.24, 2.45) is 0 Å². The number of para-hydroxylation sites is 2. The van der Waals surface area contributed by atoms with E-state index in [4.69, 9.17) is 4.42 Å². The zero-order valence-corrected chi connectivity index (χ0v) is 10.1. The Morgan fingerprint density at radius 2 is 2.11 bits per heavy atom. The number of aromatic nitrogens is 1. The van der Waals surface area contributed by atoms with Crippen molar-refractivity contribution < 1.29 is 9.21 Å². The molecule has 1 aromatic heterocycles. The van der Waals surface area contributed by atoms with Crippen LogP contribution in [0, 0.1) is 0 Å². The first-order valence-electron chi connectivity index (χ1n) is 6.20. The van der Waals surface area contributed by atoms with Crippen molar-refractivity contribution >= 4 is 23.0 Å². The number of rotatable bonds is 3. The van der Waals surface area contributed by atoms with Crippen LogP contribution < -0.4 is 5.32 Å². The number of amides is 1. The molecule has 1 aliphatic heterocycles. The largest absolute Gasteiger partial charge is 0.424 e. The maximum absolute atomic E-state index is 11.8. The lowest BCUT2D eigenvalue weighted by atomic mass is 10.3. The van der Waals surface area contributed by atoms with Gasteiger partial charge in [0.05, 0.1) is 6.54 Å². The molecule has 0 radical (unpaired) electrons. The SMILES string of the molecule is O=C(CNc1nc2ccccc2o1)N1CCCC1. The minimum atomic E-state index is 0.106.